The molecule has 0 aromatic heterocycles. The van der Waals surface area contributed by atoms with Crippen molar-refractivity contribution in [3.05, 3.63) is 53.6 Å². The number of ether oxygens (including phenoxy) is 1. The lowest BCUT2D eigenvalue weighted by Crippen LogP contribution is -2.25. The molecule has 0 heterocycles. The fourth-order valence-electron chi connectivity index (χ4n) is 2.59. The van der Waals surface area contributed by atoms with Crippen LogP contribution in [-0.4, -0.2) is 13.7 Å². The van der Waals surface area contributed by atoms with Crippen LogP contribution in [0.4, 0.5) is 11.4 Å². The topological polar surface area (TPSA) is 48.3 Å². The third-order valence-electron chi connectivity index (χ3n) is 4.63. The summed E-state index contributed by atoms with van der Waals surface area (Å²) < 4.78 is 5.78. The Kier molecular flexibility index (Phi) is 12.1. The maximum Gasteiger partial charge on any atom is 0.119 e. The second-order valence-electron chi connectivity index (χ2n) is 7.22. The molecular weight excluding hydrogens is 358 g/mol. The highest BCUT2D eigenvalue weighted by Crippen LogP contribution is 2.22. The summed E-state index contributed by atoms with van der Waals surface area (Å²) in [6.07, 6.45) is 7.49. The highest BCUT2D eigenvalue weighted by molar-refractivity contribution is 5.60. The normalized spacial score (nSPS) is 9.79. The molecule has 0 spiro atoms. The van der Waals surface area contributed by atoms with Crippen LogP contribution in [0.3, 0.4) is 0 Å². The zero-order chi connectivity index (χ0) is 21.5. The van der Waals surface area contributed by atoms with Gasteiger partial charge in [0.2, 0.25) is 0 Å². The number of anilines is 2. The Labute approximate surface area is 177 Å². The number of hydrogen-bond acceptors (Lipinski definition) is 4. The van der Waals surface area contributed by atoms with E-state index in [-0.39, 0.29) is 0 Å². The summed E-state index contributed by atoms with van der Waals surface area (Å²) in [7, 11) is 1.97. The van der Waals surface area contributed by atoms with Gasteiger partial charge in [-0.05, 0) is 61.4 Å². The van der Waals surface area contributed by atoms with Gasteiger partial charge >= 0.3 is 0 Å². The zero-order valence-corrected chi connectivity index (χ0v) is 18.8. The van der Waals surface area contributed by atoms with Crippen LogP contribution in [0.25, 0.3) is 0 Å². The van der Waals surface area contributed by atoms with E-state index in [1.807, 2.05) is 61.4 Å². The monoisotopic (exact) mass is 395 g/mol. The van der Waals surface area contributed by atoms with Gasteiger partial charge in [0.1, 0.15) is 5.75 Å². The molecule has 2 aromatic rings. The molecule has 1 N–H and O–H groups in total. The molecule has 0 aliphatic heterocycles. The number of aryl methyl sites for hydroxylation is 1. The minimum atomic E-state index is 0.672. The van der Waals surface area contributed by atoms with Gasteiger partial charge in [0, 0.05) is 7.05 Å². The molecule has 0 unspecified atom stereocenters. The molecule has 29 heavy (non-hydrogen) atoms. The van der Waals surface area contributed by atoms with Gasteiger partial charge in [-0.1, -0.05) is 52.9 Å². The molecule has 4 heteroatoms. The Morgan fingerprint density at radius 1 is 0.931 bits per heavy atom. The van der Waals surface area contributed by atoms with E-state index >= 15 is 0 Å². The maximum atomic E-state index is 8.95. The summed E-state index contributed by atoms with van der Waals surface area (Å²) in [6, 6.07) is 15.9. The Morgan fingerprint density at radius 2 is 1.62 bits per heavy atom. The molecule has 0 saturated heterocycles. The average molecular weight is 396 g/mol. The van der Waals surface area contributed by atoms with Gasteiger partial charge in [0.05, 0.1) is 29.6 Å². The highest BCUT2D eigenvalue weighted by Gasteiger charge is 2.05. The number of hydrogen-bond donors (Lipinski definition) is 1. The Morgan fingerprint density at radius 3 is 2.17 bits per heavy atom. The second kappa shape index (κ2) is 14.3. The van der Waals surface area contributed by atoms with Crippen molar-refractivity contribution >= 4 is 11.4 Å². The van der Waals surface area contributed by atoms with E-state index in [4.69, 9.17) is 10.00 Å². The quantitative estimate of drug-likeness (QED) is 0.344. The van der Waals surface area contributed by atoms with Crippen LogP contribution in [0.1, 0.15) is 70.4 Å². The van der Waals surface area contributed by atoms with E-state index < -0.39 is 0 Å². The molecule has 0 saturated carbocycles. The first kappa shape index (κ1) is 24.4. The lowest BCUT2D eigenvalue weighted by molar-refractivity contribution is 0.305. The lowest BCUT2D eigenvalue weighted by atomic mass is 10.1. The van der Waals surface area contributed by atoms with Crippen molar-refractivity contribution in [2.45, 2.75) is 66.2 Å². The van der Waals surface area contributed by atoms with Crippen molar-refractivity contribution in [3.8, 4) is 11.8 Å². The summed E-state index contributed by atoms with van der Waals surface area (Å²) in [5.74, 6) is 0.906. The number of rotatable bonds is 10. The van der Waals surface area contributed by atoms with E-state index in [2.05, 4.69) is 32.3 Å². The summed E-state index contributed by atoms with van der Waals surface area (Å²) >= 11 is 0. The van der Waals surface area contributed by atoms with E-state index in [1.54, 1.807) is 0 Å². The smallest absolute Gasteiger partial charge is 0.119 e. The maximum absolute atomic E-state index is 8.95. The molecule has 4 nitrogen and oxygen atoms in total. The van der Waals surface area contributed by atoms with Gasteiger partial charge in [-0.2, -0.15) is 5.26 Å². The van der Waals surface area contributed by atoms with Crippen molar-refractivity contribution in [3.63, 3.8) is 0 Å². The van der Waals surface area contributed by atoms with Crippen LogP contribution < -0.4 is 15.2 Å². The molecular formula is C25H37N3O. The van der Waals surface area contributed by atoms with Crippen molar-refractivity contribution in [1.29, 1.82) is 5.26 Å². The summed E-state index contributed by atoms with van der Waals surface area (Å²) in [5.41, 5.74) is 7.09. The van der Waals surface area contributed by atoms with Crippen molar-refractivity contribution in [2.24, 2.45) is 0 Å². The number of unbranched alkanes of at least 4 members (excludes halogenated alkanes) is 4. The summed E-state index contributed by atoms with van der Waals surface area (Å²) in [5, 5.41) is 10.9. The fraction of sp³-hybridized carbons (Fsp3) is 0.480. The van der Waals surface area contributed by atoms with E-state index in [0.717, 1.165) is 35.7 Å². The van der Waals surface area contributed by atoms with E-state index in [1.165, 1.54) is 32.1 Å². The van der Waals surface area contributed by atoms with Crippen LogP contribution in [0.15, 0.2) is 42.5 Å². The van der Waals surface area contributed by atoms with Gasteiger partial charge in [0.15, 0.2) is 0 Å². The Balaban J connectivity index is 0.000000960. The molecule has 158 valence electrons. The standard InChI is InChI=1S/C21H27N3O.C4H10/c1-4-5-6-7-14-25-20-11-9-19(10-12-20)24(3)23-21-13-8-18(16-22)15-17(21)2;1-3-4-2/h8-13,15,23H,4-7,14H2,1-3H3;3-4H2,1-2H3. The van der Waals surface area contributed by atoms with Gasteiger partial charge in [0.25, 0.3) is 0 Å². The molecule has 0 atom stereocenters. The molecule has 0 aliphatic carbocycles. The first-order chi connectivity index (χ1) is 14.0. The van der Waals surface area contributed by atoms with Crippen LogP contribution in [-0.2, 0) is 0 Å². The number of nitrogens with one attached hydrogen (secondary N) is 1. The van der Waals surface area contributed by atoms with Crippen molar-refractivity contribution in [1.82, 2.24) is 0 Å². The zero-order valence-electron chi connectivity index (χ0n) is 18.8. The van der Waals surface area contributed by atoms with Gasteiger partial charge in [-0.15, -0.1) is 0 Å². The molecule has 0 bridgehead atoms. The largest absolute Gasteiger partial charge is 0.494 e. The summed E-state index contributed by atoms with van der Waals surface area (Å²) in [6.45, 7) is 9.34. The molecule has 0 fully saturated rings. The molecule has 2 rings (SSSR count). The molecule has 0 amide bonds. The highest BCUT2D eigenvalue weighted by atomic mass is 16.5. The van der Waals surface area contributed by atoms with Gasteiger partial charge < -0.3 is 4.74 Å². The SMILES string of the molecule is CCCC.CCCCCCOc1ccc(N(C)Nc2ccc(C#N)cc2C)cc1. The predicted octanol–water partition coefficient (Wildman–Crippen LogP) is 7.10. The predicted molar refractivity (Wildman–Crippen MR) is 125 cm³/mol. The molecule has 0 aliphatic rings. The minimum absolute atomic E-state index is 0.672. The van der Waals surface area contributed by atoms with E-state index in [9.17, 15) is 0 Å². The number of benzene rings is 2. The third kappa shape index (κ3) is 9.38. The van der Waals surface area contributed by atoms with Crippen molar-refractivity contribution in [2.75, 3.05) is 24.1 Å². The third-order valence-corrected chi connectivity index (χ3v) is 4.63. The number of nitriles is 1. The molecule has 2 aromatic carbocycles. The van der Waals surface area contributed by atoms with E-state index in [0.29, 0.717) is 5.56 Å². The molecule has 0 radical (unpaired) electrons. The number of hydrazine groups is 1. The van der Waals surface area contributed by atoms with Crippen molar-refractivity contribution < 1.29 is 4.74 Å². The number of nitrogens with zero attached hydrogens (tertiary/aromatic N) is 2. The minimum Gasteiger partial charge on any atom is -0.494 e. The van der Waals surface area contributed by atoms with Crippen LogP contribution in [0.5, 0.6) is 5.75 Å². The van der Waals surface area contributed by atoms with Gasteiger partial charge in [-0.3, -0.25) is 10.4 Å². The first-order valence-corrected chi connectivity index (χ1v) is 10.8. The van der Waals surface area contributed by atoms with Crippen LogP contribution >= 0.6 is 0 Å². The lowest BCUT2D eigenvalue weighted by Gasteiger charge is -2.23. The Hall–Kier alpha value is -2.67. The Bertz CT molecular complexity index is 733. The van der Waals surface area contributed by atoms with Crippen LogP contribution in [0.2, 0.25) is 0 Å². The second-order valence-corrected chi connectivity index (χ2v) is 7.22. The summed E-state index contributed by atoms with van der Waals surface area (Å²) in [4.78, 5) is 0. The van der Waals surface area contributed by atoms with Crippen LogP contribution in [0, 0.1) is 18.3 Å². The fourth-order valence-corrected chi connectivity index (χ4v) is 2.59. The van der Waals surface area contributed by atoms with Gasteiger partial charge in [-0.25, -0.2) is 0 Å². The average Bonchev–Trinajstić information content (AvgIpc) is 2.75. The first-order valence-electron chi connectivity index (χ1n) is 10.8.